The number of aromatic nitrogens is 1. The van der Waals surface area contributed by atoms with Gasteiger partial charge in [-0.1, -0.05) is 17.7 Å². The lowest BCUT2D eigenvalue weighted by molar-refractivity contribution is -0.117. The molecule has 0 spiro atoms. The monoisotopic (exact) mass is 567 g/mol. The van der Waals surface area contributed by atoms with E-state index in [1.54, 1.807) is 29.2 Å². The second-order valence-electron chi connectivity index (χ2n) is 8.50. The Morgan fingerprint density at radius 2 is 1.89 bits per heavy atom. The van der Waals surface area contributed by atoms with Gasteiger partial charge in [-0.3, -0.25) is 23.9 Å². The van der Waals surface area contributed by atoms with Gasteiger partial charge in [0.2, 0.25) is 15.9 Å². The molecule has 37 heavy (non-hydrogen) atoms. The summed E-state index contributed by atoms with van der Waals surface area (Å²) in [5.41, 5.74) is -0.0862. The van der Waals surface area contributed by atoms with E-state index in [1.165, 1.54) is 29.0 Å². The maximum absolute atomic E-state index is 14.7. The van der Waals surface area contributed by atoms with Crippen molar-refractivity contribution in [3.63, 3.8) is 0 Å². The minimum Gasteiger partial charge on any atom is -0.346 e. The molecule has 1 aliphatic heterocycles. The molecule has 3 aromatic rings. The van der Waals surface area contributed by atoms with E-state index in [9.17, 15) is 27.2 Å². The van der Waals surface area contributed by atoms with Crippen molar-refractivity contribution in [3.05, 3.63) is 80.1 Å². The van der Waals surface area contributed by atoms with Crippen LogP contribution in [0.3, 0.4) is 0 Å². The molecule has 14 heteroatoms. The number of anilines is 1. The number of carbonyl (C=O) groups is 2. The van der Waals surface area contributed by atoms with Crippen molar-refractivity contribution in [1.29, 1.82) is 0 Å². The molecule has 4 rings (SSSR count). The second-order valence-corrected chi connectivity index (χ2v) is 12.0. The molecule has 1 unspecified atom stereocenters. The largest absolute Gasteiger partial charge is 0.346 e. The zero-order valence-corrected chi connectivity index (χ0v) is 21.9. The number of benzene rings is 1. The van der Waals surface area contributed by atoms with E-state index in [0.29, 0.717) is 14.9 Å². The molecular weight excluding hydrogens is 545 g/mol. The maximum Gasteiger partial charge on any atom is 0.261 e. The van der Waals surface area contributed by atoms with E-state index in [4.69, 9.17) is 11.6 Å². The number of amides is 2. The van der Waals surface area contributed by atoms with Crippen LogP contribution in [0, 0.1) is 5.82 Å². The molecule has 196 valence electrons. The molecule has 2 atom stereocenters. The molecule has 2 aromatic heterocycles. The van der Waals surface area contributed by atoms with Crippen molar-refractivity contribution in [2.45, 2.75) is 12.1 Å². The number of hydrogen-bond donors (Lipinski definition) is 3. The van der Waals surface area contributed by atoms with Crippen LogP contribution in [0.15, 0.2) is 59.5 Å². The van der Waals surface area contributed by atoms with E-state index >= 15 is 0 Å². The molecule has 0 radical (unpaired) electrons. The van der Waals surface area contributed by atoms with Gasteiger partial charge in [0.25, 0.3) is 11.5 Å². The van der Waals surface area contributed by atoms with E-state index < -0.39 is 39.7 Å². The topological polar surface area (TPSA) is 130 Å². The van der Waals surface area contributed by atoms with Crippen molar-refractivity contribution < 1.29 is 22.4 Å². The van der Waals surface area contributed by atoms with Crippen molar-refractivity contribution in [1.82, 2.24) is 19.5 Å². The van der Waals surface area contributed by atoms with Crippen LogP contribution in [0.25, 0.3) is 5.69 Å². The number of likely N-dealkylation sites (tertiary alicyclic amines) is 1. The summed E-state index contributed by atoms with van der Waals surface area (Å²) >= 11 is 6.98. The zero-order valence-electron chi connectivity index (χ0n) is 19.5. The Morgan fingerprint density at radius 1 is 1.14 bits per heavy atom. The van der Waals surface area contributed by atoms with Crippen LogP contribution >= 0.6 is 22.9 Å². The fourth-order valence-corrected chi connectivity index (χ4v) is 5.75. The summed E-state index contributed by atoms with van der Waals surface area (Å²) in [5, 5.41) is 5.29. The third-order valence-corrected chi connectivity index (χ3v) is 7.53. The van der Waals surface area contributed by atoms with Crippen molar-refractivity contribution in [3.8, 4) is 5.69 Å². The summed E-state index contributed by atoms with van der Waals surface area (Å²) in [6, 6.07) is 10.4. The summed E-state index contributed by atoms with van der Waals surface area (Å²) in [6.07, 6.45) is 2.52. The first kappa shape index (κ1) is 26.9. The summed E-state index contributed by atoms with van der Waals surface area (Å²) in [4.78, 5) is 39.2. The Hall–Kier alpha value is -3.10. The zero-order chi connectivity index (χ0) is 26.7. The number of hydrogen-bond acceptors (Lipinski definition) is 7. The molecular formula is C23H23ClFN5O5S2. The molecule has 0 aliphatic carbocycles. The highest BCUT2D eigenvalue weighted by molar-refractivity contribution is 7.88. The molecule has 10 nitrogen and oxygen atoms in total. The van der Waals surface area contributed by atoms with Gasteiger partial charge < -0.3 is 10.6 Å². The number of sulfonamides is 1. The molecule has 0 bridgehead atoms. The highest BCUT2D eigenvalue weighted by atomic mass is 35.5. The number of nitrogens with one attached hydrogen (secondary N) is 3. The van der Waals surface area contributed by atoms with Crippen LogP contribution < -0.4 is 20.9 Å². The molecule has 1 saturated heterocycles. The average Bonchev–Trinajstić information content (AvgIpc) is 3.40. The number of pyridine rings is 1. The molecule has 1 aromatic carbocycles. The highest BCUT2D eigenvalue weighted by Crippen LogP contribution is 2.22. The van der Waals surface area contributed by atoms with E-state index in [-0.39, 0.29) is 30.9 Å². The van der Waals surface area contributed by atoms with Gasteiger partial charge in [0.1, 0.15) is 5.82 Å². The van der Waals surface area contributed by atoms with Crippen LogP contribution in [0.4, 0.5) is 10.1 Å². The Bertz CT molecular complexity index is 1490. The van der Waals surface area contributed by atoms with Gasteiger partial charge in [-0.25, -0.2) is 17.5 Å². The van der Waals surface area contributed by atoms with Crippen LogP contribution in [0.2, 0.25) is 4.34 Å². The molecule has 3 N–H and O–H groups in total. The molecule has 1 fully saturated rings. The van der Waals surface area contributed by atoms with Gasteiger partial charge in [-0.15, -0.1) is 11.3 Å². The Labute approximate surface area is 221 Å². The third kappa shape index (κ3) is 7.02. The quantitative estimate of drug-likeness (QED) is 0.380. The summed E-state index contributed by atoms with van der Waals surface area (Å²) < 4.78 is 42.6. The first-order valence-corrected chi connectivity index (χ1v) is 14.1. The first-order chi connectivity index (χ1) is 17.5. The number of carbonyl (C=O) groups excluding carboxylic acids is 2. The highest BCUT2D eigenvalue weighted by Gasteiger charge is 2.36. The van der Waals surface area contributed by atoms with Crippen LogP contribution in [-0.4, -0.2) is 67.7 Å². The SMILES string of the molecule is CS(=O)(=O)N[C@H]1CN(CC(=O)Nc2ccc(-n3ccccc3=O)cc2F)CC1NC(=O)c1ccc(Cl)s1. The number of rotatable bonds is 8. The minimum atomic E-state index is -3.59. The van der Waals surface area contributed by atoms with Crippen molar-refractivity contribution >= 4 is 50.5 Å². The fraction of sp³-hybridized carbons (Fsp3) is 0.261. The Kier molecular flexibility index (Phi) is 8.09. The smallest absolute Gasteiger partial charge is 0.261 e. The predicted molar refractivity (Wildman–Crippen MR) is 139 cm³/mol. The van der Waals surface area contributed by atoms with Gasteiger partial charge in [0, 0.05) is 31.4 Å². The van der Waals surface area contributed by atoms with Gasteiger partial charge in [-0.2, -0.15) is 0 Å². The van der Waals surface area contributed by atoms with Crippen molar-refractivity contribution in [2.75, 3.05) is 31.2 Å². The lowest BCUT2D eigenvalue weighted by Gasteiger charge is -2.19. The fourth-order valence-electron chi connectivity index (χ4n) is 4.02. The van der Waals surface area contributed by atoms with Gasteiger partial charge >= 0.3 is 0 Å². The third-order valence-electron chi connectivity index (χ3n) is 5.57. The van der Waals surface area contributed by atoms with E-state index in [2.05, 4.69) is 15.4 Å². The standard InChI is InChI=1S/C23H23ClFN5O5S2/c1-37(34,35)28-18-12-29(11-17(18)27-23(33)19-7-8-20(24)36-19)13-21(31)26-16-6-5-14(10-15(16)25)30-9-3-2-4-22(30)32/h2-10,17-18,28H,11-13H2,1H3,(H,26,31)(H,27,33)/t17?,18-/m0/s1. The lowest BCUT2D eigenvalue weighted by Crippen LogP contribution is -2.50. The Morgan fingerprint density at radius 3 is 2.54 bits per heavy atom. The summed E-state index contributed by atoms with van der Waals surface area (Å²) in [6.45, 7) is 0.164. The Balaban J connectivity index is 1.41. The number of halogens is 2. The maximum atomic E-state index is 14.7. The molecule has 0 saturated carbocycles. The van der Waals surface area contributed by atoms with Gasteiger partial charge in [-0.05, 0) is 30.3 Å². The van der Waals surface area contributed by atoms with Gasteiger partial charge in [0.15, 0.2) is 0 Å². The van der Waals surface area contributed by atoms with Crippen LogP contribution in [0.1, 0.15) is 9.67 Å². The second kappa shape index (κ2) is 11.1. The van der Waals surface area contributed by atoms with E-state index in [1.807, 2.05) is 0 Å². The normalized spacial score (nSPS) is 18.0. The predicted octanol–water partition coefficient (Wildman–Crippen LogP) is 1.66. The lowest BCUT2D eigenvalue weighted by atomic mass is 10.2. The summed E-state index contributed by atoms with van der Waals surface area (Å²) in [5.74, 6) is -1.66. The number of thiophene rings is 1. The number of nitrogens with zero attached hydrogens (tertiary/aromatic N) is 2. The van der Waals surface area contributed by atoms with Gasteiger partial charge in [0.05, 0.1) is 45.5 Å². The van der Waals surface area contributed by atoms with Crippen LogP contribution in [0.5, 0.6) is 0 Å². The minimum absolute atomic E-state index is 0.0674. The molecule has 1 aliphatic rings. The van der Waals surface area contributed by atoms with E-state index in [0.717, 1.165) is 23.7 Å². The average molecular weight is 568 g/mol. The van der Waals surface area contributed by atoms with Crippen molar-refractivity contribution in [2.24, 2.45) is 0 Å². The molecule has 2 amide bonds. The summed E-state index contributed by atoms with van der Waals surface area (Å²) in [7, 11) is -3.59. The molecule has 3 heterocycles. The van der Waals surface area contributed by atoms with Crippen LogP contribution in [-0.2, 0) is 14.8 Å². The first-order valence-electron chi connectivity index (χ1n) is 11.0.